The fourth-order valence-electron chi connectivity index (χ4n) is 3.09. The fraction of sp³-hybridized carbons (Fsp3) is 0.263. The van der Waals surface area contributed by atoms with Crippen LogP contribution in [0.1, 0.15) is 23.7 Å². The molecule has 27 heavy (non-hydrogen) atoms. The van der Waals surface area contributed by atoms with Crippen molar-refractivity contribution in [3.63, 3.8) is 0 Å². The second kappa shape index (κ2) is 8.10. The molecular weight excluding hydrogens is 382 g/mol. The van der Waals surface area contributed by atoms with Crippen LogP contribution in [-0.4, -0.2) is 44.1 Å². The van der Waals surface area contributed by atoms with E-state index in [1.54, 1.807) is 16.8 Å². The van der Waals surface area contributed by atoms with E-state index in [1.165, 1.54) is 11.8 Å². The van der Waals surface area contributed by atoms with Gasteiger partial charge in [-0.05, 0) is 53.1 Å². The zero-order chi connectivity index (χ0) is 18.6. The molecule has 6 nitrogen and oxygen atoms in total. The Bertz CT molecular complexity index is 909. The van der Waals surface area contributed by atoms with Gasteiger partial charge in [0.2, 0.25) is 11.1 Å². The fourth-order valence-corrected chi connectivity index (χ4v) is 4.30. The minimum Gasteiger partial charge on any atom is -0.341 e. The number of thioether (sulfide) groups is 1. The maximum absolute atomic E-state index is 13.2. The monoisotopic (exact) mass is 399 g/mol. The van der Waals surface area contributed by atoms with E-state index in [0.29, 0.717) is 10.2 Å². The van der Waals surface area contributed by atoms with Crippen LogP contribution in [0.3, 0.4) is 0 Å². The Morgan fingerprint density at radius 1 is 1.04 bits per heavy atom. The van der Waals surface area contributed by atoms with Crippen LogP contribution >= 0.6 is 23.4 Å². The Morgan fingerprint density at radius 3 is 2.44 bits per heavy atom. The molecule has 1 saturated heterocycles. The molecule has 1 fully saturated rings. The van der Waals surface area contributed by atoms with Gasteiger partial charge in [-0.2, -0.15) is 4.68 Å². The summed E-state index contributed by atoms with van der Waals surface area (Å²) < 4.78 is 1.63. The van der Waals surface area contributed by atoms with Crippen LogP contribution in [-0.2, 0) is 4.79 Å². The van der Waals surface area contributed by atoms with Gasteiger partial charge in [0.25, 0.3) is 0 Å². The van der Waals surface area contributed by atoms with Gasteiger partial charge in [0.1, 0.15) is 5.25 Å². The molecule has 0 saturated carbocycles. The van der Waals surface area contributed by atoms with Crippen molar-refractivity contribution < 1.29 is 4.79 Å². The molecule has 1 aliphatic heterocycles. The average molecular weight is 400 g/mol. The SMILES string of the molecule is O=C(C(Sc1nnnn1-c1ccc(Cl)cc1)c1ccccc1)N1CCCC1. The van der Waals surface area contributed by atoms with Crippen molar-refractivity contribution in [3.05, 3.63) is 65.2 Å². The Labute approximate surface area is 166 Å². The highest BCUT2D eigenvalue weighted by Crippen LogP contribution is 2.37. The number of amides is 1. The molecule has 1 aliphatic rings. The first-order valence-electron chi connectivity index (χ1n) is 8.77. The third-order valence-corrected chi connectivity index (χ3v) is 5.91. The number of tetrazole rings is 1. The molecular formula is C19H18ClN5OS. The van der Waals surface area contributed by atoms with Crippen molar-refractivity contribution in [1.82, 2.24) is 25.1 Å². The van der Waals surface area contributed by atoms with E-state index in [1.807, 2.05) is 47.4 Å². The zero-order valence-electron chi connectivity index (χ0n) is 14.5. The second-order valence-corrected chi connectivity index (χ2v) is 7.80. The van der Waals surface area contributed by atoms with Crippen molar-refractivity contribution in [2.75, 3.05) is 13.1 Å². The molecule has 138 valence electrons. The highest BCUT2D eigenvalue weighted by atomic mass is 35.5. The van der Waals surface area contributed by atoms with E-state index < -0.39 is 0 Å². The number of rotatable bonds is 5. The summed E-state index contributed by atoms with van der Waals surface area (Å²) in [4.78, 5) is 15.1. The molecule has 0 N–H and O–H groups in total. The molecule has 1 aromatic heterocycles. The predicted molar refractivity (Wildman–Crippen MR) is 105 cm³/mol. The maximum Gasteiger partial charge on any atom is 0.240 e. The molecule has 0 aliphatic carbocycles. The van der Waals surface area contributed by atoms with Gasteiger partial charge in [0.05, 0.1) is 5.69 Å². The lowest BCUT2D eigenvalue weighted by Crippen LogP contribution is -2.31. The molecule has 1 unspecified atom stereocenters. The summed E-state index contributed by atoms with van der Waals surface area (Å²) in [5, 5.41) is 12.9. The Balaban J connectivity index is 1.65. The third-order valence-electron chi connectivity index (χ3n) is 4.48. The van der Waals surface area contributed by atoms with Crippen LogP contribution in [0.15, 0.2) is 59.8 Å². The van der Waals surface area contributed by atoms with Crippen molar-refractivity contribution in [2.45, 2.75) is 23.2 Å². The van der Waals surface area contributed by atoms with Crippen LogP contribution in [0.2, 0.25) is 5.02 Å². The number of hydrogen-bond donors (Lipinski definition) is 0. The first-order valence-corrected chi connectivity index (χ1v) is 10.0. The molecule has 0 radical (unpaired) electrons. The molecule has 0 spiro atoms. The van der Waals surface area contributed by atoms with Crippen LogP contribution < -0.4 is 0 Å². The van der Waals surface area contributed by atoms with E-state index in [2.05, 4.69) is 15.5 Å². The Hall–Kier alpha value is -2.38. The van der Waals surface area contributed by atoms with Gasteiger partial charge in [0.15, 0.2) is 0 Å². The van der Waals surface area contributed by atoms with Gasteiger partial charge >= 0.3 is 0 Å². The lowest BCUT2D eigenvalue weighted by Gasteiger charge is -2.22. The van der Waals surface area contributed by atoms with Gasteiger partial charge in [-0.25, -0.2) is 0 Å². The number of aromatic nitrogens is 4. The Kier molecular flexibility index (Phi) is 5.40. The highest BCUT2D eigenvalue weighted by Gasteiger charge is 2.30. The van der Waals surface area contributed by atoms with Crippen molar-refractivity contribution in [3.8, 4) is 5.69 Å². The first kappa shape index (κ1) is 18.0. The number of nitrogens with zero attached hydrogens (tertiary/aromatic N) is 5. The Morgan fingerprint density at radius 2 is 1.74 bits per heavy atom. The molecule has 4 rings (SSSR count). The van der Waals surface area contributed by atoms with Crippen LogP contribution in [0.25, 0.3) is 5.69 Å². The average Bonchev–Trinajstić information content (AvgIpc) is 3.39. The van der Waals surface area contributed by atoms with E-state index in [4.69, 9.17) is 11.6 Å². The van der Waals surface area contributed by atoms with Crippen LogP contribution in [0.5, 0.6) is 0 Å². The number of hydrogen-bond acceptors (Lipinski definition) is 5. The lowest BCUT2D eigenvalue weighted by atomic mass is 10.1. The van der Waals surface area contributed by atoms with Crippen molar-refractivity contribution in [2.24, 2.45) is 0 Å². The second-order valence-electron chi connectivity index (χ2n) is 6.29. The maximum atomic E-state index is 13.2. The predicted octanol–water partition coefficient (Wildman–Crippen LogP) is 3.77. The molecule has 3 aromatic rings. The summed E-state index contributed by atoms with van der Waals surface area (Å²) in [6, 6.07) is 17.1. The minimum atomic E-state index is -0.388. The summed E-state index contributed by atoms with van der Waals surface area (Å²) in [6.45, 7) is 1.62. The molecule has 1 amide bonds. The standard InChI is InChI=1S/C19H18ClN5OS/c20-15-8-10-16(11-9-15)25-19(21-22-23-25)27-17(14-6-2-1-3-7-14)18(26)24-12-4-5-13-24/h1-3,6-11,17H,4-5,12-13H2. The van der Waals surface area contributed by atoms with Gasteiger partial charge in [-0.1, -0.05) is 53.7 Å². The highest BCUT2D eigenvalue weighted by molar-refractivity contribution is 8.00. The minimum absolute atomic E-state index is 0.106. The van der Waals surface area contributed by atoms with Gasteiger partial charge in [-0.15, -0.1) is 5.10 Å². The summed E-state index contributed by atoms with van der Waals surface area (Å²) in [5.41, 5.74) is 1.75. The van der Waals surface area contributed by atoms with E-state index in [9.17, 15) is 4.79 Å². The molecule has 2 aromatic carbocycles. The summed E-state index contributed by atoms with van der Waals surface area (Å²) in [5.74, 6) is 0.106. The van der Waals surface area contributed by atoms with Gasteiger partial charge < -0.3 is 4.90 Å². The van der Waals surface area contributed by atoms with Gasteiger partial charge in [-0.3, -0.25) is 4.79 Å². The largest absolute Gasteiger partial charge is 0.341 e. The zero-order valence-corrected chi connectivity index (χ0v) is 16.1. The smallest absolute Gasteiger partial charge is 0.240 e. The topological polar surface area (TPSA) is 63.9 Å². The summed E-state index contributed by atoms with van der Waals surface area (Å²) in [6.07, 6.45) is 2.11. The molecule has 8 heteroatoms. The number of benzene rings is 2. The summed E-state index contributed by atoms with van der Waals surface area (Å²) >= 11 is 7.35. The molecule has 1 atom stereocenters. The van der Waals surface area contributed by atoms with Gasteiger partial charge in [0, 0.05) is 18.1 Å². The summed E-state index contributed by atoms with van der Waals surface area (Å²) in [7, 11) is 0. The molecule has 0 bridgehead atoms. The van der Waals surface area contributed by atoms with Crippen LogP contribution in [0, 0.1) is 0 Å². The first-order chi connectivity index (χ1) is 13.2. The lowest BCUT2D eigenvalue weighted by molar-refractivity contribution is -0.129. The van der Waals surface area contributed by atoms with E-state index in [-0.39, 0.29) is 11.2 Å². The van der Waals surface area contributed by atoms with E-state index in [0.717, 1.165) is 37.2 Å². The van der Waals surface area contributed by atoms with Crippen LogP contribution in [0.4, 0.5) is 0 Å². The molecule has 2 heterocycles. The number of likely N-dealkylation sites (tertiary alicyclic amines) is 1. The van der Waals surface area contributed by atoms with Crippen molar-refractivity contribution in [1.29, 1.82) is 0 Å². The van der Waals surface area contributed by atoms with Crippen molar-refractivity contribution >= 4 is 29.3 Å². The quantitative estimate of drug-likeness (QED) is 0.611. The number of carbonyl (C=O) groups excluding carboxylic acids is 1. The van der Waals surface area contributed by atoms with E-state index >= 15 is 0 Å². The third kappa shape index (κ3) is 3.99. The normalized spacial score (nSPS) is 15.1. The number of halogens is 1. The number of carbonyl (C=O) groups is 1.